The van der Waals surface area contributed by atoms with Crippen molar-refractivity contribution >= 4 is 23.2 Å². The number of nitrogens with zero attached hydrogens (tertiary/aromatic N) is 4. The molecular weight excluding hydrogens is 270 g/mol. The average molecular weight is 289 g/mol. The summed E-state index contributed by atoms with van der Waals surface area (Å²) in [6.07, 6.45) is 3.73. The zero-order valence-corrected chi connectivity index (χ0v) is 12.7. The normalized spacial score (nSPS) is 15.4. The van der Waals surface area contributed by atoms with Gasteiger partial charge in [0.15, 0.2) is 5.82 Å². The number of hydrogen-bond acceptors (Lipinski definition) is 6. The van der Waals surface area contributed by atoms with Crippen molar-refractivity contribution in [2.24, 2.45) is 0 Å². The molecule has 1 saturated heterocycles. The topological polar surface area (TPSA) is 53.9 Å². The molecule has 1 N–H and O–H groups in total. The van der Waals surface area contributed by atoms with Crippen LogP contribution in [0.4, 0.5) is 11.9 Å². The van der Waals surface area contributed by atoms with Crippen LogP contribution in [0.5, 0.6) is 0 Å². The fourth-order valence-electron chi connectivity index (χ4n) is 2.45. The molecule has 106 valence electrons. The predicted octanol–water partition coefficient (Wildman–Crippen LogP) is 2.94. The van der Waals surface area contributed by atoms with Crippen LogP contribution < -0.4 is 10.2 Å². The maximum absolute atomic E-state index is 4.68. The molecule has 2 aromatic rings. The fourth-order valence-corrected chi connectivity index (χ4v) is 3.14. The van der Waals surface area contributed by atoms with Gasteiger partial charge in [0.05, 0.1) is 0 Å². The number of rotatable bonds is 3. The van der Waals surface area contributed by atoms with Gasteiger partial charge in [0.2, 0.25) is 11.9 Å². The van der Waals surface area contributed by atoms with Crippen molar-refractivity contribution in [2.75, 3.05) is 30.4 Å². The van der Waals surface area contributed by atoms with Crippen molar-refractivity contribution in [3.05, 3.63) is 16.3 Å². The molecule has 0 amide bonds. The summed E-state index contributed by atoms with van der Waals surface area (Å²) < 4.78 is 0. The Hall–Kier alpha value is -1.69. The summed E-state index contributed by atoms with van der Waals surface area (Å²) in [7, 11) is 1.85. The zero-order chi connectivity index (χ0) is 13.9. The second-order valence-electron chi connectivity index (χ2n) is 4.97. The summed E-state index contributed by atoms with van der Waals surface area (Å²) in [6.45, 7) is 4.17. The van der Waals surface area contributed by atoms with E-state index >= 15 is 0 Å². The van der Waals surface area contributed by atoms with E-state index in [0.717, 1.165) is 30.4 Å². The van der Waals surface area contributed by atoms with E-state index in [1.165, 1.54) is 24.1 Å². The monoisotopic (exact) mass is 289 g/mol. The molecule has 0 bridgehead atoms. The van der Waals surface area contributed by atoms with E-state index in [1.54, 1.807) is 11.3 Å². The van der Waals surface area contributed by atoms with Crippen molar-refractivity contribution in [3.8, 4) is 11.4 Å². The third-order valence-electron chi connectivity index (χ3n) is 3.59. The van der Waals surface area contributed by atoms with Crippen LogP contribution in [0.1, 0.15) is 24.1 Å². The minimum atomic E-state index is 0.640. The van der Waals surface area contributed by atoms with Gasteiger partial charge in [-0.3, -0.25) is 0 Å². The highest BCUT2D eigenvalue weighted by molar-refractivity contribution is 7.10. The first-order valence-corrected chi connectivity index (χ1v) is 7.89. The van der Waals surface area contributed by atoms with E-state index in [0.29, 0.717) is 5.95 Å². The second-order valence-corrected chi connectivity index (χ2v) is 6.09. The molecule has 0 aliphatic carbocycles. The number of piperidine rings is 1. The van der Waals surface area contributed by atoms with Crippen LogP contribution in [0.15, 0.2) is 11.4 Å². The summed E-state index contributed by atoms with van der Waals surface area (Å²) in [5.74, 6) is 2.20. The first-order chi connectivity index (χ1) is 9.78. The van der Waals surface area contributed by atoms with E-state index in [1.807, 2.05) is 7.05 Å². The van der Waals surface area contributed by atoms with E-state index in [-0.39, 0.29) is 0 Å². The maximum atomic E-state index is 4.68. The minimum absolute atomic E-state index is 0.640. The summed E-state index contributed by atoms with van der Waals surface area (Å²) in [4.78, 5) is 17.2. The first kappa shape index (κ1) is 13.3. The molecule has 5 nitrogen and oxygen atoms in total. The van der Waals surface area contributed by atoms with Gasteiger partial charge in [0.25, 0.3) is 0 Å². The molecule has 3 heterocycles. The molecule has 0 atom stereocenters. The molecule has 0 radical (unpaired) electrons. The van der Waals surface area contributed by atoms with E-state index < -0.39 is 0 Å². The van der Waals surface area contributed by atoms with Gasteiger partial charge >= 0.3 is 0 Å². The Morgan fingerprint density at radius 1 is 1.15 bits per heavy atom. The van der Waals surface area contributed by atoms with Gasteiger partial charge in [-0.2, -0.15) is 15.0 Å². The molecule has 0 aromatic carbocycles. The van der Waals surface area contributed by atoms with E-state index in [4.69, 9.17) is 0 Å². The van der Waals surface area contributed by atoms with Gasteiger partial charge in [-0.25, -0.2) is 0 Å². The van der Waals surface area contributed by atoms with Crippen LogP contribution in [0.2, 0.25) is 0 Å². The van der Waals surface area contributed by atoms with Crippen LogP contribution >= 0.6 is 11.3 Å². The van der Waals surface area contributed by atoms with Gasteiger partial charge in [-0.15, -0.1) is 11.3 Å². The molecule has 2 aromatic heterocycles. The molecular formula is C14H19N5S. The van der Waals surface area contributed by atoms with Crippen LogP contribution in [-0.4, -0.2) is 35.1 Å². The summed E-state index contributed by atoms with van der Waals surface area (Å²) in [6, 6.07) is 2.08. The van der Waals surface area contributed by atoms with E-state index in [2.05, 4.69) is 43.5 Å². The first-order valence-electron chi connectivity index (χ1n) is 7.01. The largest absolute Gasteiger partial charge is 0.357 e. The number of hydrogen-bond donors (Lipinski definition) is 1. The minimum Gasteiger partial charge on any atom is -0.357 e. The Balaban J connectivity index is 2.00. The van der Waals surface area contributed by atoms with Crippen LogP contribution in [0, 0.1) is 6.92 Å². The molecule has 20 heavy (non-hydrogen) atoms. The number of nitrogens with one attached hydrogen (secondary N) is 1. The van der Waals surface area contributed by atoms with Crippen molar-refractivity contribution < 1.29 is 0 Å². The SMILES string of the molecule is CNc1nc(-c2ccsc2C)nc(N2CCCCC2)n1. The third-order valence-corrected chi connectivity index (χ3v) is 4.43. The molecule has 0 unspecified atom stereocenters. The molecule has 1 fully saturated rings. The van der Waals surface area contributed by atoms with Crippen molar-refractivity contribution in [2.45, 2.75) is 26.2 Å². The van der Waals surface area contributed by atoms with Crippen LogP contribution in [0.25, 0.3) is 11.4 Å². The van der Waals surface area contributed by atoms with Crippen molar-refractivity contribution in [1.82, 2.24) is 15.0 Å². The average Bonchev–Trinajstić information content (AvgIpc) is 2.94. The Morgan fingerprint density at radius 2 is 1.95 bits per heavy atom. The quantitative estimate of drug-likeness (QED) is 0.941. The molecule has 1 aliphatic rings. The molecule has 0 spiro atoms. The van der Waals surface area contributed by atoms with Crippen LogP contribution in [-0.2, 0) is 0 Å². The third kappa shape index (κ3) is 2.60. The molecule has 0 saturated carbocycles. The number of thiophene rings is 1. The highest BCUT2D eigenvalue weighted by Crippen LogP contribution is 2.27. The van der Waals surface area contributed by atoms with Gasteiger partial charge in [0.1, 0.15) is 0 Å². The van der Waals surface area contributed by atoms with Crippen molar-refractivity contribution in [1.29, 1.82) is 0 Å². The lowest BCUT2D eigenvalue weighted by atomic mass is 10.1. The standard InChI is InChI=1S/C14H19N5S/c1-10-11(6-9-20-10)12-16-13(15-2)18-14(17-12)19-7-4-3-5-8-19/h6,9H,3-5,7-8H2,1-2H3,(H,15,16,17,18). The summed E-state index contributed by atoms with van der Waals surface area (Å²) in [5, 5.41) is 5.12. The fraction of sp³-hybridized carbons (Fsp3) is 0.500. The molecule has 3 rings (SSSR count). The lowest BCUT2D eigenvalue weighted by molar-refractivity contribution is 0.568. The number of aromatic nitrogens is 3. The van der Waals surface area contributed by atoms with Crippen molar-refractivity contribution in [3.63, 3.8) is 0 Å². The van der Waals surface area contributed by atoms with Gasteiger partial charge in [0, 0.05) is 30.6 Å². The smallest absolute Gasteiger partial charge is 0.230 e. The Morgan fingerprint density at radius 3 is 2.60 bits per heavy atom. The lowest BCUT2D eigenvalue weighted by Crippen LogP contribution is -2.31. The summed E-state index contributed by atoms with van der Waals surface area (Å²) in [5.41, 5.74) is 1.10. The Bertz CT molecular complexity index is 589. The van der Waals surface area contributed by atoms with Gasteiger partial charge in [-0.05, 0) is 37.6 Å². The second kappa shape index (κ2) is 5.75. The summed E-state index contributed by atoms with van der Waals surface area (Å²) >= 11 is 1.72. The Labute approximate surface area is 123 Å². The maximum Gasteiger partial charge on any atom is 0.230 e. The number of aryl methyl sites for hydroxylation is 1. The molecule has 6 heteroatoms. The lowest BCUT2D eigenvalue weighted by Gasteiger charge is -2.26. The highest BCUT2D eigenvalue weighted by atomic mass is 32.1. The Kier molecular flexibility index (Phi) is 3.82. The van der Waals surface area contributed by atoms with Gasteiger partial charge < -0.3 is 10.2 Å². The van der Waals surface area contributed by atoms with E-state index in [9.17, 15) is 0 Å². The molecule has 1 aliphatic heterocycles. The van der Waals surface area contributed by atoms with Crippen LogP contribution in [0.3, 0.4) is 0 Å². The highest BCUT2D eigenvalue weighted by Gasteiger charge is 2.17. The van der Waals surface area contributed by atoms with Gasteiger partial charge in [-0.1, -0.05) is 0 Å². The number of anilines is 2. The predicted molar refractivity (Wildman–Crippen MR) is 83.5 cm³/mol. The zero-order valence-electron chi connectivity index (χ0n) is 11.9.